The number of fused-ring (bicyclic) bond motifs is 1. The zero-order chi connectivity index (χ0) is 21.3. The first-order valence-corrected chi connectivity index (χ1v) is 9.36. The van der Waals surface area contributed by atoms with Gasteiger partial charge in [-0.25, -0.2) is 9.97 Å². The van der Waals surface area contributed by atoms with Gasteiger partial charge in [0.1, 0.15) is 30.1 Å². The van der Waals surface area contributed by atoms with Gasteiger partial charge in [-0.15, -0.1) is 0 Å². The van der Waals surface area contributed by atoms with Crippen LogP contribution in [-0.4, -0.2) is 68.5 Å². The number of hydrogen-bond donors (Lipinski definition) is 5. The Hall–Kier alpha value is -2.60. The van der Waals surface area contributed by atoms with Gasteiger partial charge in [-0.05, 0) is 13.0 Å². The van der Waals surface area contributed by atoms with Crippen LogP contribution < -0.4 is 16.4 Å². The lowest BCUT2D eigenvalue weighted by Gasteiger charge is -2.19. The number of primary amides is 1. The standard InChI is InChI=1S/C18H26N6O5/c1-8(2)14(20-3)18(28)23-16-13-9(15(19)27)5-24(17(13)22-7-21-16)12-4-10(26)11(6-25)29-12/h5,7-8,10-12,14,20,25-26H,4,6H2,1-3H3,(H2,19,27)(H,21,22,23,28)/t10-,11-,12-,14?/m1/s1. The average molecular weight is 406 g/mol. The van der Waals surface area contributed by atoms with Crippen LogP contribution >= 0.6 is 0 Å². The highest BCUT2D eigenvalue weighted by Gasteiger charge is 2.36. The summed E-state index contributed by atoms with van der Waals surface area (Å²) in [6, 6.07) is -0.460. The Balaban J connectivity index is 2.04. The lowest BCUT2D eigenvalue weighted by Crippen LogP contribution is -2.42. The number of nitrogens with zero attached hydrogens (tertiary/aromatic N) is 3. The van der Waals surface area contributed by atoms with Crippen LogP contribution in [-0.2, 0) is 9.53 Å². The van der Waals surface area contributed by atoms with Gasteiger partial charge >= 0.3 is 0 Å². The van der Waals surface area contributed by atoms with E-state index in [-0.39, 0.29) is 41.6 Å². The van der Waals surface area contributed by atoms with Crippen LogP contribution in [0.15, 0.2) is 12.5 Å². The van der Waals surface area contributed by atoms with Crippen LogP contribution in [0.3, 0.4) is 0 Å². The van der Waals surface area contributed by atoms with Gasteiger partial charge in [0.25, 0.3) is 5.91 Å². The summed E-state index contributed by atoms with van der Waals surface area (Å²) in [5, 5.41) is 25.3. The van der Waals surface area contributed by atoms with Crippen molar-refractivity contribution in [3.05, 3.63) is 18.1 Å². The van der Waals surface area contributed by atoms with Crippen molar-refractivity contribution < 1.29 is 24.5 Å². The normalized spacial score (nSPS) is 22.9. The molecule has 0 spiro atoms. The number of likely N-dealkylation sites (N-methyl/N-ethyl adjacent to an activating group) is 1. The first-order valence-electron chi connectivity index (χ1n) is 9.36. The van der Waals surface area contributed by atoms with Gasteiger partial charge in [-0.3, -0.25) is 9.59 Å². The highest BCUT2D eigenvalue weighted by atomic mass is 16.5. The summed E-state index contributed by atoms with van der Waals surface area (Å²) >= 11 is 0. The third kappa shape index (κ3) is 3.94. The summed E-state index contributed by atoms with van der Waals surface area (Å²) < 4.78 is 7.23. The molecule has 1 unspecified atom stereocenters. The number of ether oxygens (including phenoxy) is 1. The first kappa shape index (κ1) is 21.1. The fraction of sp³-hybridized carbons (Fsp3) is 0.556. The Morgan fingerprint density at radius 2 is 2.14 bits per heavy atom. The number of amides is 2. The van der Waals surface area contributed by atoms with E-state index >= 15 is 0 Å². The molecule has 0 bridgehead atoms. The van der Waals surface area contributed by atoms with Crippen LogP contribution in [0.25, 0.3) is 11.0 Å². The fourth-order valence-corrected chi connectivity index (χ4v) is 3.60. The highest BCUT2D eigenvalue weighted by molar-refractivity contribution is 6.11. The van der Waals surface area contributed by atoms with E-state index in [0.717, 1.165) is 0 Å². The summed E-state index contributed by atoms with van der Waals surface area (Å²) in [6.45, 7) is 3.47. The molecule has 0 aliphatic carbocycles. The molecule has 158 valence electrons. The number of carbonyl (C=O) groups excluding carboxylic acids is 2. The van der Waals surface area contributed by atoms with E-state index in [2.05, 4.69) is 20.6 Å². The maximum atomic E-state index is 12.7. The van der Waals surface area contributed by atoms with Crippen molar-refractivity contribution in [2.24, 2.45) is 11.7 Å². The molecule has 2 aromatic rings. The van der Waals surface area contributed by atoms with Crippen LogP contribution in [0, 0.1) is 5.92 Å². The Morgan fingerprint density at radius 1 is 1.41 bits per heavy atom. The van der Waals surface area contributed by atoms with E-state index in [0.29, 0.717) is 5.65 Å². The number of nitrogens with two attached hydrogens (primary N) is 1. The van der Waals surface area contributed by atoms with E-state index in [4.69, 9.17) is 10.5 Å². The van der Waals surface area contributed by atoms with Crippen molar-refractivity contribution in [2.45, 2.75) is 44.7 Å². The molecule has 3 rings (SSSR count). The van der Waals surface area contributed by atoms with Crippen molar-refractivity contribution in [1.82, 2.24) is 19.9 Å². The third-order valence-electron chi connectivity index (χ3n) is 5.07. The van der Waals surface area contributed by atoms with Crippen molar-refractivity contribution >= 4 is 28.7 Å². The zero-order valence-corrected chi connectivity index (χ0v) is 16.5. The fourth-order valence-electron chi connectivity index (χ4n) is 3.60. The van der Waals surface area contributed by atoms with Crippen LogP contribution in [0.1, 0.15) is 36.9 Å². The number of rotatable bonds is 7. The zero-order valence-electron chi connectivity index (χ0n) is 16.5. The Labute approximate surface area is 167 Å². The van der Waals surface area contributed by atoms with E-state index < -0.39 is 30.4 Å². The molecule has 0 saturated carbocycles. The van der Waals surface area contributed by atoms with Crippen molar-refractivity contribution in [3.63, 3.8) is 0 Å². The number of aliphatic hydroxyl groups excluding tert-OH is 2. The number of hydrogen-bond acceptors (Lipinski definition) is 8. The summed E-state index contributed by atoms with van der Waals surface area (Å²) in [5.74, 6) is -0.837. The van der Waals surface area contributed by atoms with Gasteiger partial charge in [-0.2, -0.15) is 0 Å². The predicted octanol–water partition coefficient (Wildman–Crippen LogP) is -0.647. The first-order chi connectivity index (χ1) is 13.8. The average Bonchev–Trinajstić information content (AvgIpc) is 3.23. The van der Waals surface area contributed by atoms with Crippen molar-refractivity contribution in [1.29, 1.82) is 0 Å². The molecule has 2 amide bonds. The van der Waals surface area contributed by atoms with E-state index in [1.165, 1.54) is 12.5 Å². The number of carbonyl (C=O) groups is 2. The molecule has 3 heterocycles. The number of anilines is 1. The van der Waals surface area contributed by atoms with Crippen molar-refractivity contribution in [2.75, 3.05) is 19.0 Å². The lowest BCUT2D eigenvalue weighted by molar-refractivity contribution is -0.119. The third-order valence-corrected chi connectivity index (χ3v) is 5.07. The molecular weight excluding hydrogens is 380 g/mol. The minimum Gasteiger partial charge on any atom is -0.394 e. The molecule has 1 saturated heterocycles. The molecule has 1 aliphatic rings. The lowest BCUT2D eigenvalue weighted by atomic mass is 10.0. The second-order valence-corrected chi connectivity index (χ2v) is 7.35. The van der Waals surface area contributed by atoms with Gasteiger partial charge in [0.15, 0.2) is 0 Å². The maximum Gasteiger partial charge on any atom is 0.251 e. The van der Waals surface area contributed by atoms with Gasteiger partial charge in [0.05, 0.1) is 29.7 Å². The molecular formula is C18H26N6O5. The molecule has 11 nitrogen and oxygen atoms in total. The van der Waals surface area contributed by atoms with Crippen LogP contribution in [0.5, 0.6) is 0 Å². The van der Waals surface area contributed by atoms with E-state index in [1.807, 2.05) is 13.8 Å². The van der Waals surface area contributed by atoms with Crippen LogP contribution in [0.2, 0.25) is 0 Å². The predicted molar refractivity (Wildman–Crippen MR) is 104 cm³/mol. The molecule has 0 radical (unpaired) electrons. The molecule has 1 fully saturated rings. The molecule has 11 heteroatoms. The number of nitrogens with one attached hydrogen (secondary N) is 2. The number of aliphatic hydroxyl groups is 2. The summed E-state index contributed by atoms with van der Waals surface area (Å²) in [7, 11) is 1.69. The SMILES string of the molecule is CNC(C(=O)Nc1ncnc2c1c(C(N)=O)cn2[C@H]1C[C@@H](O)[C@@H](CO)O1)C(C)C. The molecule has 29 heavy (non-hydrogen) atoms. The minimum absolute atomic E-state index is 0.0290. The monoisotopic (exact) mass is 406 g/mol. The largest absolute Gasteiger partial charge is 0.394 e. The van der Waals surface area contributed by atoms with E-state index in [1.54, 1.807) is 11.6 Å². The van der Waals surface area contributed by atoms with E-state index in [9.17, 15) is 19.8 Å². The Morgan fingerprint density at radius 3 is 2.69 bits per heavy atom. The second-order valence-electron chi connectivity index (χ2n) is 7.35. The topological polar surface area (TPSA) is 165 Å². The summed E-state index contributed by atoms with van der Waals surface area (Å²) in [5.41, 5.74) is 5.99. The van der Waals surface area contributed by atoms with Gasteiger partial charge in [0.2, 0.25) is 5.91 Å². The van der Waals surface area contributed by atoms with Crippen molar-refractivity contribution in [3.8, 4) is 0 Å². The van der Waals surface area contributed by atoms with Gasteiger partial charge in [0, 0.05) is 12.6 Å². The maximum absolute atomic E-state index is 12.7. The van der Waals surface area contributed by atoms with Crippen LogP contribution in [0.4, 0.5) is 5.82 Å². The Kier molecular flexibility index (Phi) is 6.13. The highest BCUT2D eigenvalue weighted by Crippen LogP contribution is 2.34. The minimum atomic E-state index is -0.858. The summed E-state index contributed by atoms with van der Waals surface area (Å²) in [6.07, 6.45) is 0.677. The summed E-state index contributed by atoms with van der Waals surface area (Å²) in [4.78, 5) is 33.1. The molecule has 2 aromatic heterocycles. The molecule has 6 N–H and O–H groups in total. The second kappa shape index (κ2) is 8.41. The molecule has 1 aliphatic heterocycles. The number of aromatic nitrogens is 3. The van der Waals surface area contributed by atoms with Gasteiger partial charge < -0.3 is 35.9 Å². The smallest absolute Gasteiger partial charge is 0.251 e. The Bertz CT molecular complexity index is 914. The quantitative estimate of drug-likeness (QED) is 0.405. The molecule has 4 atom stereocenters. The molecule has 0 aromatic carbocycles. The van der Waals surface area contributed by atoms with Gasteiger partial charge in [-0.1, -0.05) is 13.8 Å².